The molecule has 2 heteroatoms. The highest BCUT2D eigenvalue weighted by Crippen LogP contribution is 2.67. The maximum atomic E-state index is 10.2. The molecule has 4 aliphatic carbocycles. The van der Waals surface area contributed by atoms with Gasteiger partial charge in [-0.15, -0.1) is 0 Å². The van der Waals surface area contributed by atoms with Gasteiger partial charge in [0.2, 0.25) is 0 Å². The molecule has 4 rings (SSSR count). The molecule has 4 fully saturated rings. The smallest absolute Gasteiger partial charge is 0.0591 e. The van der Waals surface area contributed by atoms with Crippen molar-refractivity contribution in [3.63, 3.8) is 0 Å². The molecular weight excluding hydrogens is 344 g/mol. The first-order valence-electron chi connectivity index (χ1n) is 12.5. The summed E-state index contributed by atoms with van der Waals surface area (Å²) in [6, 6.07) is 0. The van der Waals surface area contributed by atoms with Crippen molar-refractivity contribution >= 4 is 0 Å². The third kappa shape index (κ3) is 3.70. The van der Waals surface area contributed by atoms with Crippen molar-refractivity contribution in [2.75, 3.05) is 0 Å². The molecule has 2 N–H and O–H groups in total. The monoisotopic (exact) mass is 390 g/mol. The molecule has 0 saturated heterocycles. The first kappa shape index (κ1) is 21.2. The van der Waals surface area contributed by atoms with Gasteiger partial charge in [-0.1, -0.05) is 26.7 Å². The molecule has 4 saturated carbocycles. The van der Waals surface area contributed by atoms with E-state index in [0.29, 0.717) is 10.8 Å². The summed E-state index contributed by atoms with van der Waals surface area (Å²) in [7, 11) is 0. The second-order valence-electron chi connectivity index (χ2n) is 12.5. The van der Waals surface area contributed by atoms with Crippen molar-refractivity contribution in [3.8, 4) is 0 Å². The second kappa shape index (κ2) is 7.56. The Morgan fingerprint density at radius 1 is 0.857 bits per heavy atom. The zero-order valence-corrected chi connectivity index (χ0v) is 19.1. The first-order chi connectivity index (χ1) is 13.1. The molecule has 0 heterocycles. The van der Waals surface area contributed by atoms with Crippen LogP contribution in [0.2, 0.25) is 0 Å². The van der Waals surface area contributed by atoms with Crippen molar-refractivity contribution in [2.24, 2.45) is 40.4 Å². The quantitative estimate of drug-likeness (QED) is 0.538. The van der Waals surface area contributed by atoms with Gasteiger partial charge in [0, 0.05) is 0 Å². The van der Waals surface area contributed by atoms with Crippen molar-refractivity contribution in [2.45, 2.75) is 123 Å². The molecule has 0 aliphatic heterocycles. The SMILES string of the molecule is CC(C)(O)CCCCC1CCC2[C@@H]3CCC4C[C@@H](O)CCC4(C)C3CC[C@]12C. The van der Waals surface area contributed by atoms with Gasteiger partial charge < -0.3 is 10.2 Å². The van der Waals surface area contributed by atoms with Crippen LogP contribution in [0.3, 0.4) is 0 Å². The lowest BCUT2D eigenvalue weighted by atomic mass is 9.44. The van der Waals surface area contributed by atoms with Crippen molar-refractivity contribution < 1.29 is 10.2 Å². The van der Waals surface area contributed by atoms with Gasteiger partial charge in [-0.2, -0.15) is 0 Å². The third-order valence-electron chi connectivity index (χ3n) is 10.4. The average molecular weight is 391 g/mol. The van der Waals surface area contributed by atoms with Gasteiger partial charge in [0.05, 0.1) is 11.7 Å². The van der Waals surface area contributed by atoms with Crippen LogP contribution in [0, 0.1) is 40.4 Å². The summed E-state index contributed by atoms with van der Waals surface area (Å²) >= 11 is 0. The van der Waals surface area contributed by atoms with Crippen molar-refractivity contribution in [3.05, 3.63) is 0 Å². The van der Waals surface area contributed by atoms with Gasteiger partial charge in [0.25, 0.3) is 0 Å². The minimum atomic E-state index is -0.498. The molecule has 0 spiro atoms. The topological polar surface area (TPSA) is 40.5 Å². The van der Waals surface area contributed by atoms with Gasteiger partial charge in [0.1, 0.15) is 0 Å². The second-order valence-corrected chi connectivity index (χ2v) is 12.5. The molecule has 162 valence electrons. The van der Waals surface area contributed by atoms with Crippen LogP contribution in [0.25, 0.3) is 0 Å². The Labute approximate surface area is 173 Å². The number of fused-ring (bicyclic) bond motifs is 5. The Kier molecular flexibility index (Phi) is 5.71. The number of aliphatic hydroxyl groups is 2. The molecule has 0 radical (unpaired) electrons. The fourth-order valence-corrected chi connectivity index (χ4v) is 8.77. The Bertz CT molecular complexity index is 551. The zero-order valence-electron chi connectivity index (χ0n) is 19.1. The lowest BCUT2D eigenvalue weighted by molar-refractivity contribution is -0.127. The summed E-state index contributed by atoms with van der Waals surface area (Å²) in [6.07, 6.45) is 16.8. The normalized spacial score (nSPS) is 48.6. The number of rotatable bonds is 5. The van der Waals surface area contributed by atoms with Gasteiger partial charge in [-0.05, 0) is 125 Å². The highest BCUT2D eigenvalue weighted by Gasteiger charge is 2.59. The Balaban J connectivity index is 1.41. The first-order valence-corrected chi connectivity index (χ1v) is 12.5. The summed E-state index contributed by atoms with van der Waals surface area (Å²) < 4.78 is 0. The lowest BCUT2D eigenvalue weighted by Gasteiger charge is -2.61. The Hall–Kier alpha value is -0.0800. The Morgan fingerprint density at radius 2 is 1.57 bits per heavy atom. The standard InChI is InChI=1S/C26H46O2/c1-24(2,28)14-6-5-7-18-9-11-22-21-10-8-19-17-20(27)12-15-26(19,4)23(21)13-16-25(18,22)3/h18-23,27-28H,5-17H2,1-4H3/t18?,19?,20-,21-,22?,23?,25+,26?/m0/s1. The maximum absolute atomic E-state index is 10.2. The number of hydrogen-bond donors (Lipinski definition) is 2. The molecular formula is C26H46O2. The highest BCUT2D eigenvalue weighted by atomic mass is 16.3. The predicted molar refractivity (Wildman–Crippen MR) is 116 cm³/mol. The van der Waals surface area contributed by atoms with Gasteiger partial charge in [0.15, 0.2) is 0 Å². The van der Waals surface area contributed by atoms with E-state index < -0.39 is 5.60 Å². The van der Waals surface area contributed by atoms with E-state index in [2.05, 4.69) is 13.8 Å². The van der Waals surface area contributed by atoms with E-state index in [9.17, 15) is 10.2 Å². The predicted octanol–water partition coefficient (Wildman–Crippen LogP) is 6.34. The van der Waals surface area contributed by atoms with Crippen LogP contribution in [-0.2, 0) is 0 Å². The van der Waals surface area contributed by atoms with Gasteiger partial charge in [-0.3, -0.25) is 0 Å². The Morgan fingerprint density at radius 3 is 2.32 bits per heavy atom. The summed E-state index contributed by atoms with van der Waals surface area (Å²) in [6.45, 7) is 9.15. The molecule has 5 unspecified atom stereocenters. The highest BCUT2D eigenvalue weighted by molar-refractivity contribution is 5.09. The molecule has 0 bridgehead atoms. The van der Waals surface area contributed by atoms with Crippen LogP contribution >= 0.6 is 0 Å². The van der Waals surface area contributed by atoms with E-state index >= 15 is 0 Å². The summed E-state index contributed by atoms with van der Waals surface area (Å²) in [5.41, 5.74) is 0.587. The van der Waals surface area contributed by atoms with Crippen molar-refractivity contribution in [1.82, 2.24) is 0 Å². The van der Waals surface area contributed by atoms with E-state index in [1.165, 1.54) is 64.2 Å². The number of hydrogen-bond acceptors (Lipinski definition) is 2. The number of aliphatic hydroxyl groups excluding tert-OH is 1. The van der Waals surface area contributed by atoms with Crippen LogP contribution in [0.5, 0.6) is 0 Å². The number of unbranched alkanes of at least 4 members (excludes halogenated alkanes) is 1. The van der Waals surface area contributed by atoms with Gasteiger partial charge >= 0.3 is 0 Å². The zero-order chi connectivity index (χ0) is 20.2. The van der Waals surface area contributed by atoms with E-state index in [4.69, 9.17) is 0 Å². The summed E-state index contributed by atoms with van der Waals surface area (Å²) in [5, 5.41) is 20.2. The van der Waals surface area contributed by atoms with Crippen LogP contribution < -0.4 is 0 Å². The fourth-order valence-electron chi connectivity index (χ4n) is 8.77. The average Bonchev–Trinajstić information content (AvgIpc) is 2.95. The van der Waals surface area contributed by atoms with Crippen LogP contribution in [0.15, 0.2) is 0 Å². The van der Waals surface area contributed by atoms with Gasteiger partial charge in [-0.25, -0.2) is 0 Å². The molecule has 0 amide bonds. The van der Waals surface area contributed by atoms with E-state index in [1.54, 1.807) is 0 Å². The minimum absolute atomic E-state index is 0.0248. The van der Waals surface area contributed by atoms with Crippen LogP contribution in [0.1, 0.15) is 111 Å². The maximum Gasteiger partial charge on any atom is 0.0591 e. The fraction of sp³-hybridized carbons (Fsp3) is 1.00. The molecule has 0 aromatic rings. The summed E-state index contributed by atoms with van der Waals surface area (Å²) in [4.78, 5) is 0. The molecule has 0 aromatic carbocycles. The van der Waals surface area contributed by atoms with Crippen LogP contribution in [-0.4, -0.2) is 21.9 Å². The third-order valence-corrected chi connectivity index (χ3v) is 10.4. The van der Waals surface area contributed by atoms with E-state index in [1.807, 2.05) is 13.8 Å². The van der Waals surface area contributed by atoms with Crippen molar-refractivity contribution in [1.29, 1.82) is 0 Å². The van der Waals surface area contributed by atoms with E-state index in [-0.39, 0.29) is 6.10 Å². The molecule has 2 nitrogen and oxygen atoms in total. The molecule has 4 aliphatic rings. The van der Waals surface area contributed by atoms with Crippen LogP contribution in [0.4, 0.5) is 0 Å². The molecule has 28 heavy (non-hydrogen) atoms. The minimum Gasteiger partial charge on any atom is -0.393 e. The summed E-state index contributed by atoms with van der Waals surface area (Å²) in [5.74, 6) is 4.53. The molecule has 8 atom stereocenters. The van der Waals surface area contributed by atoms with E-state index in [0.717, 1.165) is 48.9 Å². The lowest BCUT2D eigenvalue weighted by Crippen LogP contribution is -2.53. The molecule has 0 aromatic heterocycles. The largest absolute Gasteiger partial charge is 0.393 e.